The van der Waals surface area contributed by atoms with Gasteiger partial charge in [0.05, 0.1) is 12.6 Å². The molecule has 3 aromatic heterocycles. The summed E-state index contributed by atoms with van der Waals surface area (Å²) in [6.45, 7) is 1.97. The van der Waals surface area contributed by atoms with E-state index in [1.165, 1.54) is 7.11 Å². The number of halogens is 2. The number of hydrogen-bond acceptors (Lipinski definition) is 5. The van der Waals surface area contributed by atoms with Gasteiger partial charge in [0.1, 0.15) is 6.04 Å². The van der Waals surface area contributed by atoms with Gasteiger partial charge < -0.3 is 14.6 Å². The molecule has 7 nitrogen and oxygen atoms in total. The highest BCUT2D eigenvalue weighted by atomic mass is 19.3. The monoisotopic (exact) mass is 373 g/mol. The number of ether oxygens (including phenoxy) is 1. The van der Waals surface area contributed by atoms with Crippen LogP contribution in [0, 0.1) is 6.92 Å². The average molecular weight is 373 g/mol. The number of methoxy groups -OCH3 is 1. The first-order chi connectivity index (χ1) is 13.0. The van der Waals surface area contributed by atoms with Crippen LogP contribution in [-0.2, 0) is 6.42 Å². The zero-order chi connectivity index (χ0) is 19.1. The van der Waals surface area contributed by atoms with E-state index < -0.39 is 18.4 Å². The number of H-pyrrole nitrogens is 1. The van der Waals surface area contributed by atoms with Crippen LogP contribution in [0.1, 0.15) is 33.5 Å². The van der Waals surface area contributed by atoms with Gasteiger partial charge in [0, 0.05) is 36.5 Å². The smallest absolute Gasteiger partial charge is 0.290 e. The summed E-state index contributed by atoms with van der Waals surface area (Å²) in [6.07, 6.45) is -0.752. The molecule has 9 heteroatoms. The van der Waals surface area contributed by atoms with E-state index in [1.807, 2.05) is 6.92 Å². The third-order valence-electron chi connectivity index (χ3n) is 4.72. The largest absolute Gasteiger partial charge is 0.481 e. The Kier molecular flexibility index (Phi) is 4.21. The lowest BCUT2D eigenvalue weighted by molar-refractivity contribution is 0.0154. The lowest BCUT2D eigenvalue weighted by Gasteiger charge is -2.35. The van der Waals surface area contributed by atoms with Crippen molar-refractivity contribution in [3.8, 4) is 5.88 Å². The number of aromatic nitrogens is 4. The number of pyridine rings is 2. The van der Waals surface area contributed by atoms with Crippen LogP contribution in [0.3, 0.4) is 0 Å². The van der Waals surface area contributed by atoms with Crippen LogP contribution >= 0.6 is 0 Å². The van der Waals surface area contributed by atoms with Gasteiger partial charge in [-0.1, -0.05) is 6.07 Å². The molecular weight excluding hydrogens is 356 g/mol. The third kappa shape index (κ3) is 2.88. The fourth-order valence-electron chi connectivity index (χ4n) is 3.42. The van der Waals surface area contributed by atoms with Crippen molar-refractivity contribution in [3.63, 3.8) is 0 Å². The predicted molar refractivity (Wildman–Crippen MR) is 92.9 cm³/mol. The van der Waals surface area contributed by atoms with Gasteiger partial charge in [0.15, 0.2) is 11.5 Å². The quantitative estimate of drug-likeness (QED) is 0.763. The summed E-state index contributed by atoms with van der Waals surface area (Å²) in [5.41, 5.74) is 2.65. The average Bonchev–Trinajstić information content (AvgIpc) is 3.11. The van der Waals surface area contributed by atoms with Crippen molar-refractivity contribution in [1.82, 2.24) is 24.8 Å². The minimum absolute atomic E-state index is 0.0214. The Morgan fingerprint density at radius 1 is 1.41 bits per heavy atom. The number of aromatic amines is 1. The number of carbonyl (C=O) groups is 1. The Morgan fingerprint density at radius 3 is 2.96 bits per heavy atom. The highest BCUT2D eigenvalue weighted by Gasteiger charge is 2.38. The zero-order valence-electron chi connectivity index (χ0n) is 14.7. The van der Waals surface area contributed by atoms with E-state index in [2.05, 4.69) is 19.9 Å². The molecule has 3 aromatic rings. The molecule has 27 heavy (non-hydrogen) atoms. The molecule has 1 atom stereocenters. The van der Waals surface area contributed by atoms with Crippen molar-refractivity contribution in [2.45, 2.75) is 25.8 Å². The SMILES string of the molecule is COc1cc(C)c2[nH]c(C(=O)N3CCc4ncccc4C3C(F)F)nc2n1. The number of fused-ring (bicyclic) bond motifs is 2. The van der Waals surface area contributed by atoms with Crippen molar-refractivity contribution in [2.75, 3.05) is 13.7 Å². The fourth-order valence-corrected chi connectivity index (χ4v) is 3.42. The van der Waals surface area contributed by atoms with E-state index in [0.29, 0.717) is 34.7 Å². The Morgan fingerprint density at radius 2 is 2.22 bits per heavy atom. The summed E-state index contributed by atoms with van der Waals surface area (Å²) in [5.74, 6) is -0.244. The number of aryl methyl sites for hydroxylation is 1. The lowest BCUT2D eigenvalue weighted by atomic mass is 9.97. The molecule has 1 aliphatic heterocycles. The number of rotatable bonds is 3. The standard InChI is InChI=1S/C18H17F2N5O2/c1-9-8-12(27-2)22-16-13(9)23-17(24-16)18(26)25-7-5-11-10(4-3-6-21-11)14(25)15(19)20/h3-4,6,8,14-15H,5,7H2,1-2H3,(H,22,23,24). The zero-order valence-corrected chi connectivity index (χ0v) is 14.7. The van der Waals surface area contributed by atoms with Crippen LogP contribution in [0.25, 0.3) is 11.2 Å². The van der Waals surface area contributed by atoms with Gasteiger partial charge in [0.2, 0.25) is 5.88 Å². The maximum atomic E-state index is 13.8. The molecule has 1 amide bonds. The molecular formula is C18H17F2N5O2. The van der Waals surface area contributed by atoms with Crippen molar-refractivity contribution in [3.05, 3.63) is 47.0 Å². The molecule has 4 rings (SSSR count). The molecule has 0 fully saturated rings. The summed E-state index contributed by atoms with van der Waals surface area (Å²) in [5, 5.41) is 0. The van der Waals surface area contributed by atoms with Gasteiger partial charge in [-0.05, 0) is 18.6 Å². The summed E-state index contributed by atoms with van der Waals surface area (Å²) in [4.78, 5) is 29.6. The Balaban J connectivity index is 1.74. The molecule has 1 aliphatic rings. The highest BCUT2D eigenvalue weighted by molar-refractivity contribution is 5.94. The number of amides is 1. The molecule has 0 bridgehead atoms. The van der Waals surface area contributed by atoms with Crippen LogP contribution in [0.5, 0.6) is 5.88 Å². The predicted octanol–water partition coefficient (Wildman–Crippen LogP) is 2.67. The molecule has 0 saturated carbocycles. The van der Waals surface area contributed by atoms with E-state index in [4.69, 9.17) is 4.74 Å². The van der Waals surface area contributed by atoms with E-state index in [-0.39, 0.29) is 12.4 Å². The van der Waals surface area contributed by atoms with Gasteiger partial charge in [-0.2, -0.15) is 4.98 Å². The molecule has 0 radical (unpaired) electrons. The summed E-state index contributed by atoms with van der Waals surface area (Å²) in [7, 11) is 1.48. The summed E-state index contributed by atoms with van der Waals surface area (Å²) in [6, 6.07) is 3.54. The first-order valence-corrected chi connectivity index (χ1v) is 8.44. The second-order valence-electron chi connectivity index (χ2n) is 6.33. The topological polar surface area (TPSA) is 84.0 Å². The summed E-state index contributed by atoms with van der Waals surface area (Å²) < 4.78 is 32.7. The van der Waals surface area contributed by atoms with E-state index >= 15 is 0 Å². The van der Waals surface area contributed by atoms with Crippen LogP contribution in [0.15, 0.2) is 24.4 Å². The van der Waals surface area contributed by atoms with Crippen LogP contribution in [-0.4, -0.2) is 50.8 Å². The maximum Gasteiger partial charge on any atom is 0.290 e. The minimum atomic E-state index is -2.73. The van der Waals surface area contributed by atoms with Crippen LogP contribution in [0.2, 0.25) is 0 Å². The van der Waals surface area contributed by atoms with Gasteiger partial charge >= 0.3 is 0 Å². The van der Waals surface area contributed by atoms with E-state index in [1.54, 1.807) is 24.4 Å². The van der Waals surface area contributed by atoms with E-state index in [9.17, 15) is 13.6 Å². The van der Waals surface area contributed by atoms with Gasteiger partial charge in [-0.15, -0.1) is 0 Å². The normalized spacial score (nSPS) is 16.6. The number of nitrogens with one attached hydrogen (secondary N) is 1. The Labute approximate surface area is 153 Å². The van der Waals surface area contributed by atoms with E-state index in [0.717, 1.165) is 10.5 Å². The fraction of sp³-hybridized carbons (Fsp3) is 0.333. The minimum Gasteiger partial charge on any atom is -0.481 e. The number of nitrogens with zero attached hydrogens (tertiary/aromatic N) is 4. The van der Waals surface area contributed by atoms with Gasteiger partial charge in [-0.25, -0.2) is 13.8 Å². The highest BCUT2D eigenvalue weighted by Crippen LogP contribution is 2.34. The molecule has 0 aliphatic carbocycles. The number of imidazole rings is 1. The van der Waals surface area contributed by atoms with Crippen molar-refractivity contribution < 1.29 is 18.3 Å². The van der Waals surface area contributed by atoms with Crippen LogP contribution < -0.4 is 4.74 Å². The molecule has 0 spiro atoms. The van der Waals surface area contributed by atoms with Crippen LogP contribution in [0.4, 0.5) is 8.78 Å². The number of carbonyl (C=O) groups excluding carboxylic acids is 1. The maximum absolute atomic E-state index is 13.8. The third-order valence-corrected chi connectivity index (χ3v) is 4.72. The first kappa shape index (κ1) is 17.3. The molecule has 1 N–H and O–H groups in total. The number of alkyl halides is 2. The van der Waals surface area contributed by atoms with Gasteiger partial charge in [0.25, 0.3) is 12.3 Å². The Bertz CT molecular complexity index is 1020. The number of hydrogen-bond donors (Lipinski definition) is 1. The molecule has 0 aromatic carbocycles. The van der Waals surface area contributed by atoms with Crippen molar-refractivity contribution in [2.24, 2.45) is 0 Å². The Hall–Kier alpha value is -3.10. The molecule has 1 unspecified atom stereocenters. The first-order valence-electron chi connectivity index (χ1n) is 8.44. The van der Waals surface area contributed by atoms with Gasteiger partial charge in [-0.3, -0.25) is 9.78 Å². The molecule has 0 saturated heterocycles. The molecule has 140 valence electrons. The lowest BCUT2D eigenvalue weighted by Crippen LogP contribution is -2.43. The second-order valence-corrected chi connectivity index (χ2v) is 6.33. The van der Waals surface area contributed by atoms with Crippen molar-refractivity contribution in [1.29, 1.82) is 0 Å². The molecule has 4 heterocycles. The summed E-state index contributed by atoms with van der Waals surface area (Å²) >= 11 is 0. The second kappa shape index (κ2) is 6.57. The van der Waals surface area contributed by atoms with Crippen molar-refractivity contribution >= 4 is 17.1 Å².